The highest BCUT2D eigenvalue weighted by molar-refractivity contribution is 6.00. The number of nitrogens with one attached hydrogen (secondary N) is 1. The first-order valence-electron chi connectivity index (χ1n) is 7.77. The zero-order valence-electron chi connectivity index (χ0n) is 14.0. The van der Waals surface area contributed by atoms with Crippen molar-refractivity contribution in [3.63, 3.8) is 0 Å². The lowest BCUT2D eigenvalue weighted by atomic mass is 9.79. The summed E-state index contributed by atoms with van der Waals surface area (Å²) < 4.78 is 0. The molecule has 1 rings (SSSR count). The van der Waals surface area contributed by atoms with Crippen molar-refractivity contribution in [1.29, 1.82) is 0 Å². The minimum absolute atomic E-state index is 0.0218. The van der Waals surface area contributed by atoms with Gasteiger partial charge in [0.05, 0.1) is 0 Å². The lowest BCUT2D eigenvalue weighted by Crippen LogP contribution is -2.73. The molecule has 0 aromatic rings. The second-order valence-corrected chi connectivity index (χ2v) is 7.08. The van der Waals surface area contributed by atoms with E-state index in [-0.39, 0.29) is 23.3 Å². The quantitative estimate of drug-likeness (QED) is 0.862. The molecule has 0 radical (unpaired) electrons. The Morgan fingerprint density at radius 1 is 1.20 bits per heavy atom. The molecule has 0 aromatic carbocycles. The average molecular weight is 282 g/mol. The van der Waals surface area contributed by atoms with Crippen LogP contribution in [0, 0.1) is 5.41 Å². The van der Waals surface area contributed by atoms with Crippen LogP contribution in [0.5, 0.6) is 0 Å². The summed E-state index contributed by atoms with van der Waals surface area (Å²) in [5.41, 5.74) is -0.998. The Kier molecular flexibility index (Phi) is 4.88. The first-order valence-corrected chi connectivity index (χ1v) is 7.77. The number of hydrogen-bond acceptors (Lipinski definition) is 2. The smallest absolute Gasteiger partial charge is 0.246 e. The van der Waals surface area contributed by atoms with Crippen molar-refractivity contribution in [3.05, 3.63) is 0 Å². The molecule has 1 fully saturated rings. The van der Waals surface area contributed by atoms with Crippen LogP contribution < -0.4 is 5.32 Å². The van der Waals surface area contributed by atoms with Crippen molar-refractivity contribution >= 4 is 11.8 Å². The highest BCUT2D eigenvalue weighted by Crippen LogP contribution is 2.34. The molecule has 0 spiro atoms. The largest absolute Gasteiger partial charge is 0.342 e. The summed E-state index contributed by atoms with van der Waals surface area (Å²) in [5.74, 6) is 0.0431. The summed E-state index contributed by atoms with van der Waals surface area (Å²) in [5, 5.41) is 2.95. The Balaban J connectivity index is 3.28. The lowest BCUT2D eigenvalue weighted by Gasteiger charge is -2.51. The topological polar surface area (TPSA) is 49.4 Å². The Morgan fingerprint density at radius 3 is 2.05 bits per heavy atom. The third-order valence-electron chi connectivity index (χ3n) is 4.64. The minimum atomic E-state index is -0.727. The van der Waals surface area contributed by atoms with Crippen molar-refractivity contribution in [2.24, 2.45) is 5.41 Å². The highest BCUT2D eigenvalue weighted by Gasteiger charge is 2.52. The zero-order valence-corrected chi connectivity index (χ0v) is 14.0. The molecule has 0 bridgehead atoms. The molecular weight excluding hydrogens is 252 g/mol. The highest BCUT2D eigenvalue weighted by atomic mass is 16.2. The molecule has 1 aliphatic heterocycles. The second-order valence-electron chi connectivity index (χ2n) is 7.08. The van der Waals surface area contributed by atoms with Gasteiger partial charge in [0.25, 0.3) is 0 Å². The Labute approximate surface area is 123 Å². The fourth-order valence-electron chi connectivity index (χ4n) is 2.99. The number of hydrogen-bond donors (Lipinski definition) is 1. The van der Waals surface area contributed by atoms with Gasteiger partial charge in [-0.25, -0.2) is 0 Å². The van der Waals surface area contributed by atoms with Crippen LogP contribution in [-0.4, -0.2) is 34.3 Å². The predicted molar refractivity (Wildman–Crippen MR) is 81.3 cm³/mol. The third kappa shape index (κ3) is 2.70. The van der Waals surface area contributed by atoms with Gasteiger partial charge in [-0.1, -0.05) is 41.5 Å². The van der Waals surface area contributed by atoms with Gasteiger partial charge in [0.15, 0.2) is 0 Å². The summed E-state index contributed by atoms with van der Waals surface area (Å²) in [6, 6.07) is -0.307. The Bertz CT molecular complexity index is 382. The first-order chi connectivity index (χ1) is 9.13. The standard InChI is InChI=1S/C16H30N2O2/c1-8-11(9-2)18-13(19)12(15(4,5)6)17-14(20)16(18,7)10-3/h11-12H,8-10H2,1-7H3,(H,17,20). The molecule has 0 aliphatic carbocycles. The zero-order chi connectivity index (χ0) is 15.7. The van der Waals surface area contributed by atoms with Gasteiger partial charge in [0.1, 0.15) is 11.6 Å². The first kappa shape index (κ1) is 17.0. The van der Waals surface area contributed by atoms with Crippen LogP contribution in [0.1, 0.15) is 67.7 Å². The molecule has 4 nitrogen and oxygen atoms in total. The van der Waals surface area contributed by atoms with Gasteiger partial charge in [-0.15, -0.1) is 0 Å². The number of carbonyl (C=O) groups excluding carboxylic acids is 2. The molecule has 4 heteroatoms. The van der Waals surface area contributed by atoms with Crippen LogP contribution in [0.4, 0.5) is 0 Å². The van der Waals surface area contributed by atoms with Gasteiger partial charge in [0.2, 0.25) is 11.8 Å². The number of carbonyl (C=O) groups is 2. The lowest BCUT2D eigenvalue weighted by molar-refractivity contribution is -0.163. The van der Waals surface area contributed by atoms with E-state index in [0.717, 1.165) is 12.8 Å². The molecule has 20 heavy (non-hydrogen) atoms. The molecule has 1 N–H and O–H groups in total. The summed E-state index contributed by atoms with van der Waals surface area (Å²) >= 11 is 0. The van der Waals surface area contributed by atoms with Gasteiger partial charge in [-0.2, -0.15) is 0 Å². The maximum Gasteiger partial charge on any atom is 0.246 e. The van der Waals surface area contributed by atoms with Crippen LogP contribution in [-0.2, 0) is 9.59 Å². The molecule has 2 amide bonds. The summed E-state index contributed by atoms with van der Waals surface area (Å²) in [6.07, 6.45) is 2.39. The van der Waals surface area contributed by atoms with E-state index < -0.39 is 11.6 Å². The van der Waals surface area contributed by atoms with Crippen LogP contribution in [0.3, 0.4) is 0 Å². The molecule has 0 aromatic heterocycles. The number of nitrogens with zero attached hydrogens (tertiary/aromatic N) is 1. The van der Waals surface area contributed by atoms with Crippen molar-refractivity contribution in [2.45, 2.75) is 85.4 Å². The van der Waals surface area contributed by atoms with Crippen molar-refractivity contribution < 1.29 is 9.59 Å². The normalized spacial score (nSPS) is 28.0. The SMILES string of the molecule is CCC(CC)N1C(=O)C(C(C)(C)C)NC(=O)C1(C)CC. The summed E-state index contributed by atoms with van der Waals surface area (Å²) in [7, 11) is 0. The molecule has 2 unspecified atom stereocenters. The molecule has 116 valence electrons. The summed E-state index contributed by atoms with van der Waals surface area (Å²) in [6.45, 7) is 14.0. The van der Waals surface area contributed by atoms with E-state index in [1.54, 1.807) is 0 Å². The Morgan fingerprint density at radius 2 is 1.70 bits per heavy atom. The fraction of sp³-hybridized carbons (Fsp3) is 0.875. The number of piperazine rings is 1. The maximum atomic E-state index is 13.0. The Hall–Kier alpha value is -1.06. The van der Waals surface area contributed by atoms with Crippen LogP contribution in [0.25, 0.3) is 0 Å². The molecule has 1 saturated heterocycles. The molecule has 1 heterocycles. The number of amides is 2. The van der Waals surface area contributed by atoms with Gasteiger partial charge < -0.3 is 10.2 Å². The van der Waals surface area contributed by atoms with Crippen LogP contribution in [0.2, 0.25) is 0 Å². The average Bonchev–Trinajstić information content (AvgIpc) is 2.37. The van der Waals surface area contributed by atoms with Gasteiger partial charge >= 0.3 is 0 Å². The van der Waals surface area contributed by atoms with E-state index in [0.29, 0.717) is 6.42 Å². The fourth-order valence-corrected chi connectivity index (χ4v) is 2.99. The van der Waals surface area contributed by atoms with E-state index in [1.807, 2.05) is 39.5 Å². The molecule has 2 atom stereocenters. The van der Waals surface area contributed by atoms with E-state index in [9.17, 15) is 9.59 Å². The van der Waals surface area contributed by atoms with E-state index >= 15 is 0 Å². The second kappa shape index (κ2) is 5.74. The van der Waals surface area contributed by atoms with Crippen molar-refractivity contribution in [3.8, 4) is 0 Å². The van der Waals surface area contributed by atoms with Crippen LogP contribution >= 0.6 is 0 Å². The third-order valence-corrected chi connectivity index (χ3v) is 4.64. The van der Waals surface area contributed by atoms with Gasteiger partial charge in [-0.05, 0) is 31.6 Å². The minimum Gasteiger partial charge on any atom is -0.342 e. The van der Waals surface area contributed by atoms with Crippen molar-refractivity contribution in [1.82, 2.24) is 10.2 Å². The van der Waals surface area contributed by atoms with Crippen molar-refractivity contribution in [2.75, 3.05) is 0 Å². The monoisotopic (exact) mass is 282 g/mol. The van der Waals surface area contributed by atoms with Crippen LogP contribution in [0.15, 0.2) is 0 Å². The predicted octanol–water partition coefficient (Wildman–Crippen LogP) is 2.72. The molecule has 1 aliphatic rings. The van der Waals surface area contributed by atoms with E-state index in [2.05, 4.69) is 19.2 Å². The van der Waals surface area contributed by atoms with Gasteiger partial charge in [-0.3, -0.25) is 9.59 Å². The van der Waals surface area contributed by atoms with Gasteiger partial charge in [0, 0.05) is 6.04 Å². The van der Waals surface area contributed by atoms with E-state index in [1.165, 1.54) is 0 Å². The summed E-state index contributed by atoms with van der Waals surface area (Å²) in [4.78, 5) is 27.4. The molecular formula is C16H30N2O2. The number of rotatable bonds is 4. The maximum absolute atomic E-state index is 13.0. The molecule has 0 saturated carbocycles. The van der Waals surface area contributed by atoms with E-state index in [4.69, 9.17) is 0 Å².